The minimum Gasteiger partial charge on any atom is -0.496 e. The molecule has 0 radical (unpaired) electrons. The molecule has 0 saturated heterocycles. The van der Waals surface area contributed by atoms with Gasteiger partial charge in [-0.3, -0.25) is 10.1 Å². The average molecular weight is 266 g/mol. The Morgan fingerprint density at radius 1 is 1.37 bits per heavy atom. The summed E-state index contributed by atoms with van der Waals surface area (Å²) in [6, 6.07) is 5.31. The van der Waals surface area contributed by atoms with E-state index in [1.807, 2.05) is 6.07 Å². The number of rotatable bonds is 8. The summed E-state index contributed by atoms with van der Waals surface area (Å²) in [5.41, 5.74) is 0.945. The fourth-order valence-electron chi connectivity index (χ4n) is 2.03. The van der Waals surface area contributed by atoms with Crippen LogP contribution in [0.5, 0.6) is 5.75 Å². The van der Waals surface area contributed by atoms with Crippen molar-refractivity contribution in [3.63, 3.8) is 0 Å². The van der Waals surface area contributed by atoms with Crippen molar-refractivity contribution in [2.24, 2.45) is 0 Å². The topological polar surface area (TPSA) is 64.4 Å². The monoisotopic (exact) mass is 266 g/mol. The van der Waals surface area contributed by atoms with Gasteiger partial charge < -0.3 is 10.1 Å². The smallest absolute Gasteiger partial charge is 0.273 e. The minimum atomic E-state index is -0.393. The standard InChI is InChI=1S/C14H22N2O3/c1-4-6-12(5-2)15-10-11-7-13(16(17)18)9-14(8-11)19-3/h7-9,12,15H,4-6,10H2,1-3H3. The van der Waals surface area contributed by atoms with Crippen molar-refractivity contribution in [1.82, 2.24) is 5.32 Å². The van der Waals surface area contributed by atoms with Crippen LogP contribution in [0.25, 0.3) is 0 Å². The lowest BCUT2D eigenvalue weighted by Gasteiger charge is -2.16. The first-order valence-corrected chi connectivity index (χ1v) is 6.66. The number of nitrogens with zero attached hydrogens (tertiary/aromatic N) is 1. The highest BCUT2D eigenvalue weighted by molar-refractivity contribution is 5.42. The molecule has 1 rings (SSSR count). The fraction of sp³-hybridized carbons (Fsp3) is 0.571. The van der Waals surface area contributed by atoms with Crippen molar-refractivity contribution in [2.45, 2.75) is 45.7 Å². The van der Waals surface area contributed by atoms with Crippen LogP contribution >= 0.6 is 0 Å². The lowest BCUT2D eigenvalue weighted by molar-refractivity contribution is -0.385. The van der Waals surface area contributed by atoms with Crippen molar-refractivity contribution in [2.75, 3.05) is 7.11 Å². The summed E-state index contributed by atoms with van der Waals surface area (Å²) in [6.07, 6.45) is 3.30. The van der Waals surface area contributed by atoms with Crippen molar-refractivity contribution in [3.8, 4) is 5.75 Å². The number of benzene rings is 1. The third-order valence-electron chi connectivity index (χ3n) is 3.12. The molecule has 0 aliphatic heterocycles. The molecule has 0 amide bonds. The quantitative estimate of drug-likeness (QED) is 0.579. The minimum absolute atomic E-state index is 0.0692. The van der Waals surface area contributed by atoms with Gasteiger partial charge in [-0.05, 0) is 24.5 Å². The van der Waals surface area contributed by atoms with Gasteiger partial charge >= 0.3 is 0 Å². The second kappa shape index (κ2) is 7.74. The lowest BCUT2D eigenvalue weighted by atomic mass is 10.1. The van der Waals surface area contributed by atoms with Crippen LogP contribution in [0.1, 0.15) is 38.7 Å². The molecule has 5 nitrogen and oxygen atoms in total. The molecule has 0 aromatic heterocycles. The predicted octanol–water partition coefficient (Wildman–Crippen LogP) is 3.27. The van der Waals surface area contributed by atoms with E-state index in [1.54, 1.807) is 6.07 Å². The summed E-state index contributed by atoms with van der Waals surface area (Å²) < 4.78 is 5.09. The van der Waals surface area contributed by atoms with E-state index in [0.29, 0.717) is 18.3 Å². The number of nitro benzene ring substituents is 1. The zero-order chi connectivity index (χ0) is 14.3. The van der Waals surface area contributed by atoms with Crippen LogP contribution in [-0.4, -0.2) is 18.1 Å². The largest absolute Gasteiger partial charge is 0.496 e. The van der Waals surface area contributed by atoms with Gasteiger partial charge in [-0.1, -0.05) is 20.3 Å². The molecule has 0 heterocycles. The molecule has 1 N–H and O–H groups in total. The molecule has 0 saturated carbocycles. The average Bonchev–Trinajstić information content (AvgIpc) is 2.42. The summed E-state index contributed by atoms with van der Waals surface area (Å²) >= 11 is 0. The summed E-state index contributed by atoms with van der Waals surface area (Å²) in [5.74, 6) is 0.523. The summed E-state index contributed by atoms with van der Waals surface area (Å²) in [6.45, 7) is 4.92. The van der Waals surface area contributed by atoms with E-state index in [0.717, 1.165) is 24.8 Å². The Morgan fingerprint density at radius 3 is 2.63 bits per heavy atom. The van der Waals surface area contributed by atoms with Crippen LogP contribution in [-0.2, 0) is 6.54 Å². The van der Waals surface area contributed by atoms with Crippen molar-refractivity contribution >= 4 is 5.69 Å². The SMILES string of the molecule is CCCC(CC)NCc1cc(OC)cc([N+](=O)[O-])c1. The van der Waals surface area contributed by atoms with Gasteiger partial charge in [-0.15, -0.1) is 0 Å². The first kappa shape index (κ1) is 15.4. The second-order valence-electron chi connectivity index (χ2n) is 4.57. The van der Waals surface area contributed by atoms with E-state index in [1.165, 1.54) is 13.2 Å². The highest BCUT2D eigenvalue weighted by Crippen LogP contribution is 2.22. The van der Waals surface area contributed by atoms with Gasteiger partial charge in [0.1, 0.15) is 5.75 Å². The van der Waals surface area contributed by atoms with Gasteiger partial charge in [-0.2, -0.15) is 0 Å². The zero-order valence-corrected chi connectivity index (χ0v) is 11.8. The first-order valence-electron chi connectivity index (χ1n) is 6.66. The van der Waals surface area contributed by atoms with Crippen molar-refractivity contribution in [1.29, 1.82) is 0 Å². The Morgan fingerprint density at radius 2 is 2.11 bits per heavy atom. The van der Waals surface area contributed by atoms with E-state index >= 15 is 0 Å². The predicted molar refractivity (Wildman–Crippen MR) is 75.5 cm³/mol. The number of methoxy groups -OCH3 is 1. The van der Waals surface area contributed by atoms with E-state index in [-0.39, 0.29) is 5.69 Å². The Bertz CT molecular complexity index is 421. The van der Waals surface area contributed by atoms with E-state index in [4.69, 9.17) is 4.74 Å². The van der Waals surface area contributed by atoms with E-state index in [9.17, 15) is 10.1 Å². The van der Waals surface area contributed by atoms with Gasteiger partial charge in [0.2, 0.25) is 0 Å². The number of non-ortho nitro benzene ring substituents is 1. The lowest BCUT2D eigenvalue weighted by Crippen LogP contribution is -2.27. The molecule has 0 aliphatic rings. The molecule has 1 atom stereocenters. The van der Waals surface area contributed by atoms with E-state index in [2.05, 4.69) is 19.2 Å². The molecule has 1 aromatic carbocycles. The molecule has 5 heteroatoms. The van der Waals surface area contributed by atoms with Gasteiger partial charge in [-0.25, -0.2) is 0 Å². The van der Waals surface area contributed by atoms with Crippen molar-refractivity contribution < 1.29 is 9.66 Å². The van der Waals surface area contributed by atoms with Gasteiger partial charge in [0.25, 0.3) is 5.69 Å². The number of hydrogen-bond acceptors (Lipinski definition) is 4. The maximum Gasteiger partial charge on any atom is 0.273 e. The summed E-state index contributed by atoms with van der Waals surface area (Å²) in [4.78, 5) is 10.5. The Kier molecular flexibility index (Phi) is 6.29. The molecule has 1 unspecified atom stereocenters. The molecule has 0 fully saturated rings. The molecule has 0 bridgehead atoms. The third-order valence-corrected chi connectivity index (χ3v) is 3.12. The third kappa shape index (κ3) is 4.87. The molecule has 0 spiro atoms. The van der Waals surface area contributed by atoms with Crippen molar-refractivity contribution in [3.05, 3.63) is 33.9 Å². The highest BCUT2D eigenvalue weighted by Gasteiger charge is 2.11. The normalized spacial score (nSPS) is 12.2. The Hall–Kier alpha value is -1.62. The van der Waals surface area contributed by atoms with Gasteiger partial charge in [0.15, 0.2) is 0 Å². The van der Waals surface area contributed by atoms with Crippen LogP contribution in [0.15, 0.2) is 18.2 Å². The molecule has 0 aliphatic carbocycles. The molecular weight excluding hydrogens is 244 g/mol. The fourth-order valence-corrected chi connectivity index (χ4v) is 2.03. The number of nitro groups is 1. The first-order chi connectivity index (χ1) is 9.10. The van der Waals surface area contributed by atoms with E-state index < -0.39 is 4.92 Å². The van der Waals surface area contributed by atoms with Crippen LogP contribution in [0, 0.1) is 10.1 Å². The molecular formula is C14H22N2O3. The number of nitrogens with one attached hydrogen (secondary N) is 1. The molecule has 1 aromatic rings. The maximum absolute atomic E-state index is 10.8. The summed E-state index contributed by atoms with van der Waals surface area (Å²) in [5, 5.41) is 14.3. The number of hydrogen-bond donors (Lipinski definition) is 1. The van der Waals surface area contributed by atoms with Crippen LogP contribution < -0.4 is 10.1 Å². The Balaban J connectivity index is 2.76. The second-order valence-corrected chi connectivity index (χ2v) is 4.57. The van der Waals surface area contributed by atoms with Crippen LogP contribution in [0.2, 0.25) is 0 Å². The maximum atomic E-state index is 10.8. The highest BCUT2D eigenvalue weighted by atomic mass is 16.6. The van der Waals surface area contributed by atoms with Gasteiger partial charge in [0, 0.05) is 18.7 Å². The number of ether oxygens (including phenoxy) is 1. The van der Waals surface area contributed by atoms with Crippen LogP contribution in [0.4, 0.5) is 5.69 Å². The molecule has 19 heavy (non-hydrogen) atoms. The van der Waals surface area contributed by atoms with Crippen LogP contribution in [0.3, 0.4) is 0 Å². The summed E-state index contributed by atoms with van der Waals surface area (Å²) in [7, 11) is 1.52. The zero-order valence-electron chi connectivity index (χ0n) is 11.8. The molecule has 106 valence electrons. The Labute approximate surface area is 114 Å². The van der Waals surface area contributed by atoms with Gasteiger partial charge in [0.05, 0.1) is 18.1 Å².